The number of nitrogens with zero attached hydrogens (tertiary/aromatic N) is 2. The summed E-state index contributed by atoms with van der Waals surface area (Å²) in [6.45, 7) is 3.18. The van der Waals surface area contributed by atoms with Crippen LogP contribution < -0.4 is 0 Å². The normalized spacial score (nSPS) is 18.2. The van der Waals surface area contributed by atoms with Crippen molar-refractivity contribution in [3.8, 4) is 0 Å². The fourth-order valence-electron chi connectivity index (χ4n) is 3.49. The van der Waals surface area contributed by atoms with E-state index in [1.165, 1.54) is 17.2 Å². The van der Waals surface area contributed by atoms with Gasteiger partial charge in [-0.05, 0) is 35.7 Å². The van der Waals surface area contributed by atoms with Crippen LogP contribution in [0.15, 0.2) is 42.5 Å². The minimum absolute atomic E-state index is 0.205. The van der Waals surface area contributed by atoms with Crippen LogP contribution >= 0.6 is 0 Å². The van der Waals surface area contributed by atoms with Gasteiger partial charge in [0.1, 0.15) is 0 Å². The van der Waals surface area contributed by atoms with Gasteiger partial charge in [0.25, 0.3) is 5.91 Å². The Hall–Kier alpha value is -2.27. The number of carbonyl (C=O) groups is 1. The first-order valence-corrected chi connectivity index (χ1v) is 8.17. The molecule has 2 aromatic carbocycles. The summed E-state index contributed by atoms with van der Waals surface area (Å²) in [4.78, 5) is 16.4. The highest BCUT2D eigenvalue weighted by Gasteiger charge is 2.36. The lowest BCUT2D eigenvalue weighted by molar-refractivity contribution is 0.0218. The smallest absolute Gasteiger partial charge is 0.254 e. The van der Waals surface area contributed by atoms with Crippen LogP contribution in [0.3, 0.4) is 0 Å². The molecule has 0 atom stereocenters. The van der Waals surface area contributed by atoms with Gasteiger partial charge in [-0.1, -0.05) is 24.3 Å². The fourth-order valence-corrected chi connectivity index (χ4v) is 3.49. The lowest BCUT2D eigenvalue weighted by atomic mass is 9.96. The summed E-state index contributed by atoms with van der Waals surface area (Å²) in [5.41, 5.74) is 2.97. The third-order valence-corrected chi connectivity index (χ3v) is 4.99. The van der Waals surface area contributed by atoms with Crippen LogP contribution in [0, 0.1) is 11.6 Å². The Morgan fingerprint density at radius 3 is 2.50 bits per heavy atom. The second-order valence-electron chi connectivity index (χ2n) is 6.48. The number of amides is 1. The number of benzene rings is 2. The molecule has 1 amide bonds. The van der Waals surface area contributed by atoms with Crippen LogP contribution in [0.1, 0.15) is 21.5 Å². The molecule has 5 heteroatoms. The monoisotopic (exact) mass is 328 g/mol. The van der Waals surface area contributed by atoms with E-state index in [1.807, 2.05) is 0 Å². The number of likely N-dealkylation sites (tertiary alicyclic amines) is 1. The number of fused-ring (bicyclic) bond motifs is 1. The van der Waals surface area contributed by atoms with Crippen LogP contribution in [0.25, 0.3) is 0 Å². The zero-order valence-electron chi connectivity index (χ0n) is 13.2. The maximum atomic E-state index is 13.3. The van der Waals surface area contributed by atoms with E-state index < -0.39 is 11.6 Å². The Morgan fingerprint density at radius 1 is 1.00 bits per heavy atom. The highest BCUT2D eigenvalue weighted by atomic mass is 19.2. The van der Waals surface area contributed by atoms with Crippen LogP contribution in [-0.4, -0.2) is 41.4 Å². The van der Waals surface area contributed by atoms with Crippen molar-refractivity contribution in [3.63, 3.8) is 0 Å². The Morgan fingerprint density at radius 2 is 1.75 bits per heavy atom. The van der Waals surface area contributed by atoms with Crippen molar-refractivity contribution in [2.45, 2.75) is 19.0 Å². The van der Waals surface area contributed by atoms with Crippen LogP contribution in [0.2, 0.25) is 0 Å². The maximum absolute atomic E-state index is 13.3. The van der Waals surface area contributed by atoms with Gasteiger partial charge >= 0.3 is 0 Å². The SMILES string of the molecule is O=C(c1ccc(F)c(F)c1)N1CC(N2CCc3ccccc3C2)C1. The molecule has 1 fully saturated rings. The Labute approximate surface area is 139 Å². The Balaban J connectivity index is 1.38. The standard InChI is InChI=1S/C19H18F2N2O/c20-17-6-5-14(9-18(17)21)19(24)23-11-16(12-23)22-8-7-13-3-1-2-4-15(13)10-22/h1-6,9,16H,7-8,10-12H2. The van der Waals surface area contributed by atoms with Crippen molar-refractivity contribution in [2.24, 2.45) is 0 Å². The van der Waals surface area contributed by atoms with Crippen molar-refractivity contribution in [2.75, 3.05) is 19.6 Å². The van der Waals surface area contributed by atoms with Crippen LogP contribution in [0.4, 0.5) is 8.78 Å². The van der Waals surface area contributed by atoms with Gasteiger partial charge in [0, 0.05) is 37.8 Å². The van der Waals surface area contributed by atoms with Gasteiger partial charge in [-0.3, -0.25) is 9.69 Å². The number of rotatable bonds is 2. The molecule has 0 N–H and O–H groups in total. The average Bonchev–Trinajstić information content (AvgIpc) is 2.56. The minimum atomic E-state index is -0.981. The molecule has 2 aromatic rings. The molecule has 4 rings (SSSR count). The van der Waals surface area contributed by atoms with Gasteiger partial charge in [-0.2, -0.15) is 0 Å². The van der Waals surface area contributed by atoms with E-state index in [1.54, 1.807) is 4.90 Å². The number of hydrogen-bond donors (Lipinski definition) is 0. The van der Waals surface area contributed by atoms with Gasteiger partial charge in [0.15, 0.2) is 11.6 Å². The molecule has 0 aliphatic carbocycles. The van der Waals surface area contributed by atoms with E-state index in [4.69, 9.17) is 0 Å². The Kier molecular flexibility index (Phi) is 3.81. The largest absolute Gasteiger partial charge is 0.335 e. The lowest BCUT2D eigenvalue weighted by Gasteiger charge is -2.47. The van der Waals surface area contributed by atoms with Gasteiger partial charge in [0.2, 0.25) is 0 Å². The second-order valence-corrected chi connectivity index (χ2v) is 6.48. The van der Waals surface area contributed by atoms with E-state index >= 15 is 0 Å². The molecule has 2 aliphatic heterocycles. The third-order valence-electron chi connectivity index (χ3n) is 4.99. The molecule has 0 aromatic heterocycles. The van der Waals surface area contributed by atoms with Crippen molar-refractivity contribution < 1.29 is 13.6 Å². The highest BCUT2D eigenvalue weighted by molar-refractivity contribution is 5.94. The summed E-state index contributed by atoms with van der Waals surface area (Å²) in [6.07, 6.45) is 1.03. The Bertz CT molecular complexity index is 787. The van der Waals surface area contributed by atoms with Crippen molar-refractivity contribution in [1.29, 1.82) is 0 Å². The molecule has 0 radical (unpaired) electrons. The van der Waals surface area contributed by atoms with Gasteiger partial charge < -0.3 is 4.90 Å². The number of carbonyl (C=O) groups excluding carboxylic acids is 1. The molecule has 0 bridgehead atoms. The van der Waals surface area contributed by atoms with Crippen molar-refractivity contribution in [1.82, 2.24) is 9.80 Å². The molecule has 2 heterocycles. The summed E-state index contributed by atoms with van der Waals surface area (Å²) in [5, 5.41) is 0. The molecule has 0 unspecified atom stereocenters. The predicted octanol–water partition coefficient (Wildman–Crippen LogP) is 2.85. The zero-order valence-corrected chi connectivity index (χ0v) is 13.2. The van der Waals surface area contributed by atoms with E-state index in [0.29, 0.717) is 19.1 Å². The van der Waals surface area contributed by atoms with Gasteiger partial charge in [-0.25, -0.2) is 8.78 Å². The van der Waals surface area contributed by atoms with E-state index in [0.717, 1.165) is 31.6 Å². The molecular weight excluding hydrogens is 310 g/mol. The molecule has 3 nitrogen and oxygen atoms in total. The molecule has 0 spiro atoms. The summed E-state index contributed by atoms with van der Waals surface area (Å²) >= 11 is 0. The maximum Gasteiger partial charge on any atom is 0.254 e. The van der Waals surface area contributed by atoms with Gasteiger partial charge in [0.05, 0.1) is 0 Å². The third kappa shape index (κ3) is 2.69. The lowest BCUT2D eigenvalue weighted by Crippen LogP contribution is -2.61. The topological polar surface area (TPSA) is 23.6 Å². The number of hydrogen-bond acceptors (Lipinski definition) is 2. The first-order valence-electron chi connectivity index (χ1n) is 8.17. The number of halogens is 2. The summed E-state index contributed by atoms with van der Waals surface area (Å²) in [5.74, 6) is -2.15. The fraction of sp³-hybridized carbons (Fsp3) is 0.316. The predicted molar refractivity (Wildman–Crippen MR) is 86.6 cm³/mol. The molecule has 0 saturated carbocycles. The molecular formula is C19H18F2N2O. The van der Waals surface area contributed by atoms with Crippen molar-refractivity contribution >= 4 is 5.91 Å². The first-order chi connectivity index (χ1) is 11.6. The second kappa shape index (κ2) is 5.98. The molecule has 124 valence electrons. The zero-order chi connectivity index (χ0) is 16.7. The minimum Gasteiger partial charge on any atom is -0.335 e. The van der Waals surface area contributed by atoms with E-state index in [2.05, 4.69) is 29.2 Å². The quantitative estimate of drug-likeness (QED) is 0.846. The van der Waals surface area contributed by atoms with Gasteiger partial charge in [-0.15, -0.1) is 0 Å². The summed E-state index contributed by atoms with van der Waals surface area (Å²) < 4.78 is 26.3. The van der Waals surface area contributed by atoms with Crippen LogP contribution in [0.5, 0.6) is 0 Å². The molecule has 24 heavy (non-hydrogen) atoms. The van der Waals surface area contributed by atoms with E-state index in [-0.39, 0.29) is 11.5 Å². The highest BCUT2D eigenvalue weighted by Crippen LogP contribution is 2.25. The molecule has 1 saturated heterocycles. The summed E-state index contributed by atoms with van der Waals surface area (Å²) in [7, 11) is 0. The average molecular weight is 328 g/mol. The van der Waals surface area contributed by atoms with E-state index in [9.17, 15) is 13.6 Å². The summed E-state index contributed by atoms with van der Waals surface area (Å²) in [6, 6.07) is 12.1. The van der Waals surface area contributed by atoms with Crippen LogP contribution in [-0.2, 0) is 13.0 Å². The van der Waals surface area contributed by atoms with Crippen molar-refractivity contribution in [3.05, 3.63) is 70.8 Å². The first kappa shape index (κ1) is 15.3. The molecule has 2 aliphatic rings.